The Balaban J connectivity index is 1.53. The molecule has 24 heavy (non-hydrogen) atoms. The molecule has 2 aliphatic rings. The summed E-state index contributed by atoms with van der Waals surface area (Å²) in [6.45, 7) is 5.35. The highest BCUT2D eigenvalue weighted by molar-refractivity contribution is 5.80. The molecule has 134 valence electrons. The lowest BCUT2D eigenvalue weighted by molar-refractivity contribution is -0.951. The van der Waals surface area contributed by atoms with E-state index in [-0.39, 0.29) is 11.9 Å². The van der Waals surface area contributed by atoms with E-state index in [1.807, 2.05) is 13.0 Å². The van der Waals surface area contributed by atoms with E-state index in [1.54, 1.807) is 11.2 Å². The third-order valence-corrected chi connectivity index (χ3v) is 5.72. The largest absolute Gasteiger partial charge is 0.463 e. The molecule has 1 saturated heterocycles. The smallest absolute Gasteiger partial charge is 0.278 e. The Morgan fingerprint density at radius 3 is 2.71 bits per heavy atom. The molecule has 2 heterocycles. The van der Waals surface area contributed by atoms with Gasteiger partial charge in [-0.25, -0.2) is 0 Å². The topological polar surface area (TPSA) is 63.3 Å². The van der Waals surface area contributed by atoms with E-state index in [4.69, 9.17) is 4.42 Å². The van der Waals surface area contributed by atoms with Crippen LogP contribution < -0.4 is 15.5 Å². The van der Waals surface area contributed by atoms with Crippen molar-refractivity contribution in [2.45, 2.75) is 70.0 Å². The number of amides is 1. The first-order valence-corrected chi connectivity index (χ1v) is 9.75. The first kappa shape index (κ1) is 17.5. The second-order valence-electron chi connectivity index (χ2n) is 7.54. The van der Waals surface area contributed by atoms with E-state index in [0.717, 1.165) is 25.1 Å². The van der Waals surface area contributed by atoms with Gasteiger partial charge in [-0.05, 0) is 51.2 Å². The maximum absolute atomic E-state index is 12.4. The van der Waals surface area contributed by atoms with Crippen LogP contribution >= 0.6 is 0 Å². The van der Waals surface area contributed by atoms with Gasteiger partial charge in [0.1, 0.15) is 6.54 Å². The minimum atomic E-state index is -0.0350. The van der Waals surface area contributed by atoms with Crippen LogP contribution in [0.4, 0.5) is 0 Å². The maximum Gasteiger partial charge on any atom is 0.278 e. The van der Waals surface area contributed by atoms with Crippen molar-refractivity contribution < 1.29 is 19.4 Å². The van der Waals surface area contributed by atoms with Gasteiger partial charge in [0.15, 0.2) is 17.8 Å². The molecular weight excluding hydrogens is 302 g/mol. The maximum atomic E-state index is 12.4. The number of nitrogens with one attached hydrogen (secondary N) is 2. The standard InChI is InChI=1S/C19H31N3O2/c1-15(19(23)21-16-8-3-4-9-16)20-14-17(18-10-7-13-24-18)22-11-5-2-6-12-22/h7,10,13,15-17,20H,2-6,8-9,11-12,14H2,1H3,(H,21,23)/p+2/t15-,17+/m1/s1. The molecule has 1 aliphatic heterocycles. The van der Waals surface area contributed by atoms with Crippen molar-refractivity contribution in [2.24, 2.45) is 0 Å². The molecular formula is C19H33N3O2+2. The van der Waals surface area contributed by atoms with Gasteiger partial charge in [0, 0.05) is 6.04 Å². The van der Waals surface area contributed by atoms with Crippen LogP contribution in [0.1, 0.15) is 63.7 Å². The average Bonchev–Trinajstić information content (AvgIpc) is 3.30. The Morgan fingerprint density at radius 1 is 1.29 bits per heavy atom. The van der Waals surface area contributed by atoms with Crippen molar-refractivity contribution in [1.82, 2.24) is 5.32 Å². The molecule has 1 amide bonds. The number of carbonyl (C=O) groups excluding carboxylic acids is 1. The molecule has 5 heteroatoms. The lowest BCUT2D eigenvalue weighted by Gasteiger charge is -2.30. The van der Waals surface area contributed by atoms with Gasteiger partial charge in [-0.1, -0.05) is 12.8 Å². The number of piperidine rings is 1. The molecule has 3 rings (SSSR count). The minimum absolute atomic E-state index is 0.0350. The van der Waals surface area contributed by atoms with Crippen LogP contribution in [-0.4, -0.2) is 37.6 Å². The van der Waals surface area contributed by atoms with E-state index < -0.39 is 0 Å². The molecule has 4 N–H and O–H groups in total. The van der Waals surface area contributed by atoms with Crippen LogP contribution in [0, 0.1) is 0 Å². The fraction of sp³-hybridized carbons (Fsp3) is 0.737. The number of likely N-dealkylation sites (tertiary alicyclic amines) is 1. The summed E-state index contributed by atoms with van der Waals surface area (Å²) in [7, 11) is 0. The molecule has 2 atom stereocenters. The number of rotatable bonds is 7. The number of nitrogens with two attached hydrogens (primary N) is 1. The highest BCUT2D eigenvalue weighted by atomic mass is 16.3. The summed E-state index contributed by atoms with van der Waals surface area (Å²) in [5, 5.41) is 5.41. The SMILES string of the molecule is C[C@@H]([NH2+]C[C@@H](c1ccco1)[NH+]1CCCCC1)C(=O)NC1CCCC1. The predicted octanol–water partition coefficient (Wildman–Crippen LogP) is 0.400. The predicted molar refractivity (Wildman–Crippen MR) is 92.6 cm³/mol. The lowest BCUT2D eigenvalue weighted by Crippen LogP contribution is -3.16. The average molecular weight is 335 g/mol. The number of carbonyl (C=O) groups is 1. The summed E-state index contributed by atoms with van der Waals surface area (Å²) in [5.41, 5.74) is 0. The molecule has 1 aromatic heterocycles. The normalized spacial score (nSPS) is 22.4. The van der Waals surface area contributed by atoms with Crippen molar-refractivity contribution >= 4 is 5.91 Å². The van der Waals surface area contributed by atoms with Crippen molar-refractivity contribution in [3.63, 3.8) is 0 Å². The monoisotopic (exact) mass is 335 g/mol. The molecule has 0 radical (unpaired) electrons. The van der Waals surface area contributed by atoms with E-state index in [9.17, 15) is 4.79 Å². The first-order valence-electron chi connectivity index (χ1n) is 9.75. The zero-order chi connectivity index (χ0) is 16.8. The van der Waals surface area contributed by atoms with Gasteiger partial charge in [-0.2, -0.15) is 0 Å². The van der Waals surface area contributed by atoms with E-state index in [1.165, 1.54) is 45.2 Å². The summed E-state index contributed by atoms with van der Waals surface area (Å²) in [6, 6.07) is 4.78. The number of hydrogen-bond acceptors (Lipinski definition) is 2. The summed E-state index contributed by atoms with van der Waals surface area (Å²) < 4.78 is 5.71. The first-order chi connectivity index (χ1) is 11.7. The second-order valence-corrected chi connectivity index (χ2v) is 7.54. The lowest BCUT2D eigenvalue weighted by atomic mass is 10.1. The molecule has 0 bridgehead atoms. The highest BCUT2D eigenvalue weighted by Crippen LogP contribution is 2.17. The Kier molecular flexibility index (Phi) is 6.32. The Bertz CT molecular complexity index is 491. The zero-order valence-corrected chi connectivity index (χ0v) is 14.9. The van der Waals surface area contributed by atoms with Crippen LogP contribution in [0.3, 0.4) is 0 Å². The van der Waals surface area contributed by atoms with E-state index in [2.05, 4.69) is 16.7 Å². The second kappa shape index (κ2) is 8.67. The van der Waals surface area contributed by atoms with Gasteiger partial charge in [-0.15, -0.1) is 0 Å². The van der Waals surface area contributed by atoms with Crippen LogP contribution in [0.15, 0.2) is 22.8 Å². The van der Waals surface area contributed by atoms with Crippen molar-refractivity contribution in [2.75, 3.05) is 19.6 Å². The van der Waals surface area contributed by atoms with Crippen LogP contribution in [0.5, 0.6) is 0 Å². The molecule has 1 aromatic rings. The molecule has 2 fully saturated rings. The van der Waals surface area contributed by atoms with Gasteiger partial charge < -0.3 is 20.0 Å². The zero-order valence-electron chi connectivity index (χ0n) is 14.9. The van der Waals surface area contributed by atoms with Gasteiger partial charge in [-0.3, -0.25) is 4.79 Å². The van der Waals surface area contributed by atoms with Crippen molar-refractivity contribution in [1.29, 1.82) is 0 Å². The van der Waals surface area contributed by atoms with E-state index >= 15 is 0 Å². The molecule has 0 spiro atoms. The quantitative estimate of drug-likeness (QED) is 0.675. The van der Waals surface area contributed by atoms with Gasteiger partial charge in [0.2, 0.25) is 0 Å². The Morgan fingerprint density at radius 2 is 2.04 bits per heavy atom. The molecule has 0 unspecified atom stereocenters. The van der Waals surface area contributed by atoms with Crippen molar-refractivity contribution in [3.05, 3.63) is 24.2 Å². The summed E-state index contributed by atoms with van der Waals surface area (Å²) in [4.78, 5) is 14.0. The molecule has 1 aliphatic carbocycles. The van der Waals surface area contributed by atoms with Crippen molar-refractivity contribution in [3.8, 4) is 0 Å². The Hall–Kier alpha value is -1.33. The fourth-order valence-corrected chi connectivity index (χ4v) is 4.18. The summed E-state index contributed by atoms with van der Waals surface area (Å²) in [6.07, 6.45) is 10.5. The molecule has 0 aromatic carbocycles. The third kappa shape index (κ3) is 4.61. The van der Waals surface area contributed by atoms with Crippen LogP contribution in [0.2, 0.25) is 0 Å². The minimum Gasteiger partial charge on any atom is -0.463 e. The Labute approximate surface area is 145 Å². The summed E-state index contributed by atoms with van der Waals surface area (Å²) >= 11 is 0. The molecule has 5 nitrogen and oxygen atoms in total. The highest BCUT2D eigenvalue weighted by Gasteiger charge is 2.31. The van der Waals surface area contributed by atoms with Gasteiger partial charge in [0.25, 0.3) is 5.91 Å². The van der Waals surface area contributed by atoms with E-state index in [0.29, 0.717) is 12.1 Å². The number of furan rings is 1. The number of quaternary nitrogens is 2. The summed E-state index contributed by atoms with van der Waals surface area (Å²) in [5.74, 6) is 1.25. The van der Waals surface area contributed by atoms with Crippen LogP contribution in [0.25, 0.3) is 0 Å². The van der Waals surface area contributed by atoms with Gasteiger partial charge in [0.05, 0.1) is 19.4 Å². The third-order valence-electron chi connectivity index (χ3n) is 5.72. The fourth-order valence-electron chi connectivity index (χ4n) is 4.18. The van der Waals surface area contributed by atoms with Gasteiger partial charge >= 0.3 is 0 Å². The van der Waals surface area contributed by atoms with Crippen LogP contribution in [-0.2, 0) is 4.79 Å². The molecule has 1 saturated carbocycles. The number of hydrogen-bond donors (Lipinski definition) is 3.